The lowest BCUT2D eigenvalue weighted by atomic mass is 9.94. The number of carbonyl (C=O) groups excluding carboxylic acids is 2. The van der Waals surface area contributed by atoms with Crippen LogP contribution in [0.15, 0.2) is 48.5 Å². The Morgan fingerprint density at radius 3 is 2.23 bits per heavy atom. The van der Waals surface area contributed by atoms with Crippen LogP contribution in [0.4, 0.5) is 17.6 Å². The second-order valence-electron chi connectivity index (χ2n) is 11.4. The number of unbranched alkanes of at least 4 members (excludes halogenated alkanes) is 2. The third-order valence-corrected chi connectivity index (χ3v) is 8.57. The topological polar surface area (TPSA) is 52.6 Å². The number of hydrogen-bond donors (Lipinski definition) is 1. The zero-order chi connectivity index (χ0) is 28.9. The molecule has 1 N–H and O–H groups in total. The van der Waals surface area contributed by atoms with Gasteiger partial charge >= 0.3 is 6.18 Å². The van der Waals surface area contributed by atoms with Crippen LogP contribution in [0.2, 0.25) is 0 Å². The fourth-order valence-electron chi connectivity index (χ4n) is 5.77. The van der Waals surface area contributed by atoms with Gasteiger partial charge in [0.2, 0.25) is 5.91 Å². The summed E-state index contributed by atoms with van der Waals surface area (Å²) in [7, 11) is 0. The summed E-state index contributed by atoms with van der Waals surface area (Å²) >= 11 is 0. The summed E-state index contributed by atoms with van der Waals surface area (Å²) in [6, 6.07) is 10.1. The minimum absolute atomic E-state index is 0.0927. The van der Waals surface area contributed by atoms with Crippen molar-refractivity contribution in [3.05, 3.63) is 71.0 Å². The van der Waals surface area contributed by atoms with Gasteiger partial charge in [-0.25, -0.2) is 4.39 Å². The van der Waals surface area contributed by atoms with E-state index < -0.39 is 23.7 Å². The molecule has 2 aromatic rings. The third kappa shape index (κ3) is 7.62. The van der Waals surface area contributed by atoms with Crippen molar-refractivity contribution < 1.29 is 27.2 Å². The number of amides is 2. The number of nitrogens with one attached hydrogen (secondary N) is 1. The molecule has 0 bridgehead atoms. The fraction of sp³-hybridized carbons (Fsp3) is 0.548. The van der Waals surface area contributed by atoms with Gasteiger partial charge in [0, 0.05) is 31.7 Å². The summed E-state index contributed by atoms with van der Waals surface area (Å²) in [5, 5.41) is 2.81. The van der Waals surface area contributed by atoms with Gasteiger partial charge in [-0.2, -0.15) is 13.2 Å². The predicted molar refractivity (Wildman–Crippen MR) is 146 cm³/mol. The van der Waals surface area contributed by atoms with Crippen LogP contribution in [0.25, 0.3) is 0 Å². The molecule has 1 saturated heterocycles. The Balaban J connectivity index is 1.31. The predicted octanol–water partition coefficient (Wildman–Crippen LogP) is 6.25. The summed E-state index contributed by atoms with van der Waals surface area (Å²) < 4.78 is 52.1. The average molecular weight is 562 g/mol. The highest BCUT2D eigenvalue weighted by atomic mass is 19.4. The lowest BCUT2D eigenvalue weighted by molar-refractivity contribution is -0.137. The summed E-state index contributed by atoms with van der Waals surface area (Å²) in [4.78, 5) is 30.4. The molecule has 1 saturated carbocycles. The van der Waals surface area contributed by atoms with Crippen LogP contribution in [0.3, 0.4) is 0 Å². The Morgan fingerprint density at radius 2 is 1.62 bits per heavy atom. The Labute approximate surface area is 233 Å². The van der Waals surface area contributed by atoms with E-state index in [-0.39, 0.29) is 22.7 Å². The van der Waals surface area contributed by atoms with Gasteiger partial charge in [-0.15, -0.1) is 0 Å². The molecule has 1 aliphatic carbocycles. The molecule has 3 atom stereocenters. The first-order valence-electron chi connectivity index (χ1n) is 14.2. The van der Waals surface area contributed by atoms with Gasteiger partial charge < -0.3 is 15.1 Å². The van der Waals surface area contributed by atoms with Crippen molar-refractivity contribution >= 4 is 11.8 Å². The Kier molecular flexibility index (Phi) is 9.54. The highest BCUT2D eigenvalue weighted by Gasteiger charge is 2.49. The molecule has 1 heterocycles. The number of carbonyl (C=O) groups is 2. The summed E-state index contributed by atoms with van der Waals surface area (Å²) in [5.41, 5.74) is 0.637. The molecule has 0 aromatic heterocycles. The van der Waals surface area contributed by atoms with Gasteiger partial charge in [-0.3, -0.25) is 9.59 Å². The molecule has 2 aliphatic rings. The average Bonchev–Trinajstić information content (AvgIpc) is 3.62. The van der Waals surface area contributed by atoms with Crippen LogP contribution < -0.4 is 5.32 Å². The molecule has 1 unspecified atom stereocenters. The molecule has 2 amide bonds. The maximum atomic E-state index is 13.4. The zero-order valence-corrected chi connectivity index (χ0v) is 23.3. The fourth-order valence-corrected chi connectivity index (χ4v) is 5.77. The molecular weight excluding hydrogens is 522 g/mol. The molecule has 40 heavy (non-hydrogen) atoms. The van der Waals surface area contributed by atoms with Gasteiger partial charge in [0.05, 0.1) is 5.56 Å². The van der Waals surface area contributed by atoms with E-state index in [2.05, 4.69) is 24.1 Å². The molecule has 0 spiro atoms. The molecule has 2 aromatic carbocycles. The Morgan fingerprint density at radius 1 is 0.975 bits per heavy atom. The van der Waals surface area contributed by atoms with E-state index in [1.54, 1.807) is 4.90 Å². The number of benzene rings is 2. The number of likely N-dealkylation sites (N-methyl/N-ethyl adjacent to an activating group) is 1. The van der Waals surface area contributed by atoms with E-state index in [0.29, 0.717) is 25.4 Å². The lowest BCUT2D eigenvalue weighted by Gasteiger charge is -2.36. The number of nitrogens with zero attached hydrogens (tertiary/aromatic N) is 2. The van der Waals surface area contributed by atoms with Crippen molar-refractivity contribution in [3.63, 3.8) is 0 Å². The molecule has 4 rings (SSSR count). The van der Waals surface area contributed by atoms with Crippen LogP contribution in [0.1, 0.15) is 79.8 Å². The quantitative estimate of drug-likeness (QED) is 0.261. The van der Waals surface area contributed by atoms with Crippen molar-refractivity contribution in [2.24, 2.45) is 5.41 Å². The van der Waals surface area contributed by atoms with E-state index in [1.807, 2.05) is 12.1 Å². The number of alkyl halides is 3. The highest BCUT2D eigenvalue weighted by Crippen LogP contribution is 2.61. The van der Waals surface area contributed by atoms with Crippen LogP contribution in [0.5, 0.6) is 0 Å². The van der Waals surface area contributed by atoms with Crippen LogP contribution in [-0.2, 0) is 11.0 Å². The first-order valence-corrected chi connectivity index (χ1v) is 14.2. The van der Waals surface area contributed by atoms with E-state index in [0.717, 1.165) is 76.0 Å². The first-order chi connectivity index (χ1) is 19.0. The van der Waals surface area contributed by atoms with E-state index in [1.165, 1.54) is 17.7 Å². The normalized spacial score (nSPS) is 22.1. The first kappa shape index (κ1) is 30.0. The minimum atomic E-state index is -4.48. The highest BCUT2D eigenvalue weighted by molar-refractivity contribution is 5.97. The van der Waals surface area contributed by atoms with Crippen molar-refractivity contribution in [2.75, 3.05) is 32.7 Å². The zero-order valence-electron chi connectivity index (χ0n) is 23.3. The summed E-state index contributed by atoms with van der Waals surface area (Å²) in [6.45, 7) is 7.97. The lowest BCUT2D eigenvalue weighted by Crippen LogP contribution is -2.54. The summed E-state index contributed by atoms with van der Waals surface area (Å²) in [6.07, 6.45) is 0.724. The number of piperazine rings is 1. The van der Waals surface area contributed by atoms with Gasteiger partial charge in [0.15, 0.2) is 0 Å². The molecule has 5 nitrogen and oxygen atoms in total. The number of hydrogen-bond acceptors (Lipinski definition) is 3. The molecule has 9 heteroatoms. The SMILES string of the molecule is CCN1CCN(C(=O)[C@H](CCCCCC2(C)C[C@H]2c2ccc(F)cc2)NC(=O)c2ccc(C(F)(F)F)cc2)CC1. The maximum absolute atomic E-state index is 13.4. The molecule has 1 aliphatic heterocycles. The van der Waals surface area contributed by atoms with Crippen molar-refractivity contribution in [3.8, 4) is 0 Å². The number of rotatable bonds is 11. The Bertz CT molecular complexity index is 1140. The minimum Gasteiger partial charge on any atom is -0.340 e. The van der Waals surface area contributed by atoms with E-state index >= 15 is 0 Å². The second-order valence-corrected chi connectivity index (χ2v) is 11.4. The van der Waals surface area contributed by atoms with Gasteiger partial charge in [0.1, 0.15) is 11.9 Å². The van der Waals surface area contributed by atoms with Crippen molar-refractivity contribution in [2.45, 2.75) is 70.5 Å². The van der Waals surface area contributed by atoms with Crippen LogP contribution in [0, 0.1) is 11.2 Å². The molecular formula is C31H39F4N3O2. The van der Waals surface area contributed by atoms with E-state index in [9.17, 15) is 27.2 Å². The van der Waals surface area contributed by atoms with Gasteiger partial charge in [0.25, 0.3) is 5.91 Å². The Hall–Kier alpha value is -2.94. The van der Waals surface area contributed by atoms with Crippen LogP contribution in [-0.4, -0.2) is 60.4 Å². The second kappa shape index (κ2) is 12.7. The van der Waals surface area contributed by atoms with E-state index in [4.69, 9.17) is 0 Å². The third-order valence-electron chi connectivity index (χ3n) is 8.57. The largest absolute Gasteiger partial charge is 0.416 e. The molecule has 2 fully saturated rings. The monoisotopic (exact) mass is 561 g/mol. The van der Waals surface area contributed by atoms with Gasteiger partial charge in [-0.1, -0.05) is 45.2 Å². The maximum Gasteiger partial charge on any atom is 0.416 e. The van der Waals surface area contributed by atoms with Crippen molar-refractivity contribution in [1.82, 2.24) is 15.1 Å². The molecule has 0 radical (unpaired) electrons. The van der Waals surface area contributed by atoms with Crippen LogP contribution >= 0.6 is 0 Å². The number of halogens is 4. The van der Waals surface area contributed by atoms with Crippen molar-refractivity contribution in [1.29, 1.82) is 0 Å². The standard InChI is InChI=1S/C31H39F4N3O2/c1-3-37-17-19-38(20-18-37)29(40)27(36-28(39)23-8-12-24(13-9-23)31(33,34)35)7-5-4-6-16-30(2)21-26(30)22-10-14-25(32)15-11-22/h8-15,26-27H,3-7,16-21H2,1-2H3,(H,36,39)/t26-,27-,30?/m0/s1. The van der Waals surface area contributed by atoms with Gasteiger partial charge in [-0.05, 0) is 79.1 Å². The summed E-state index contributed by atoms with van der Waals surface area (Å²) in [5.74, 6) is -0.478. The molecule has 218 valence electrons. The smallest absolute Gasteiger partial charge is 0.340 e.